The second-order valence-electron chi connectivity index (χ2n) is 7.34. The first-order chi connectivity index (χ1) is 12.0. The number of nitrogens with zero attached hydrogens (tertiary/aromatic N) is 1. The van der Waals surface area contributed by atoms with Gasteiger partial charge in [0.05, 0.1) is 18.8 Å². The van der Waals surface area contributed by atoms with E-state index in [4.69, 9.17) is 9.47 Å². The number of nitrogens with one attached hydrogen (secondary N) is 1. The highest BCUT2D eigenvalue weighted by molar-refractivity contribution is 5.97. The molecule has 0 aromatic heterocycles. The molecule has 0 spiro atoms. The molecule has 1 aromatic rings. The van der Waals surface area contributed by atoms with E-state index < -0.39 is 0 Å². The average molecular weight is 344 g/mol. The standard InChI is InChI=1S/C20H28N2O3/c1-4-11-25-16-8-6-5-7-15(16)19(23)21-17-14-18(20(17,2)3)22-9-12-24-13-10-22/h4-8,17-18H,1,9-14H2,2-3H3,(H,21,23). The normalized spacial score (nSPS) is 25.7. The smallest absolute Gasteiger partial charge is 0.255 e. The van der Waals surface area contributed by atoms with Crippen LogP contribution in [0.2, 0.25) is 0 Å². The van der Waals surface area contributed by atoms with Crippen LogP contribution in [0.1, 0.15) is 30.6 Å². The van der Waals surface area contributed by atoms with Gasteiger partial charge < -0.3 is 14.8 Å². The number of rotatable bonds is 6. The summed E-state index contributed by atoms with van der Waals surface area (Å²) in [4.78, 5) is 15.2. The Balaban J connectivity index is 1.63. The fourth-order valence-corrected chi connectivity index (χ4v) is 3.82. The zero-order valence-electron chi connectivity index (χ0n) is 15.2. The Morgan fingerprint density at radius 1 is 1.40 bits per heavy atom. The van der Waals surface area contributed by atoms with E-state index in [0.717, 1.165) is 32.7 Å². The van der Waals surface area contributed by atoms with E-state index in [1.807, 2.05) is 18.2 Å². The van der Waals surface area contributed by atoms with Crippen LogP contribution < -0.4 is 10.1 Å². The molecule has 1 amide bonds. The molecule has 2 unspecified atom stereocenters. The lowest BCUT2D eigenvalue weighted by Gasteiger charge is -2.57. The van der Waals surface area contributed by atoms with E-state index in [1.54, 1.807) is 12.1 Å². The van der Waals surface area contributed by atoms with Crippen molar-refractivity contribution in [1.29, 1.82) is 0 Å². The molecule has 0 bridgehead atoms. The van der Waals surface area contributed by atoms with Gasteiger partial charge >= 0.3 is 0 Å². The first-order valence-corrected chi connectivity index (χ1v) is 8.99. The highest BCUT2D eigenvalue weighted by Gasteiger charge is 2.51. The highest BCUT2D eigenvalue weighted by Crippen LogP contribution is 2.44. The van der Waals surface area contributed by atoms with Crippen LogP contribution in [0.4, 0.5) is 0 Å². The average Bonchev–Trinajstić information content (AvgIpc) is 2.63. The minimum absolute atomic E-state index is 0.0456. The van der Waals surface area contributed by atoms with Gasteiger partial charge in [0.2, 0.25) is 0 Å². The van der Waals surface area contributed by atoms with E-state index in [9.17, 15) is 4.79 Å². The number of hydrogen-bond donors (Lipinski definition) is 1. The van der Waals surface area contributed by atoms with Gasteiger partial charge in [-0.2, -0.15) is 0 Å². The van der Waals surface area contributed by atoms with Gasteiger partial charge in [0.1, 0.15) is 12.4 Å². The lowest BCUT2D eigenvalue weighted by atomic mass is 9.62. The van der Waals surface area contributed by atoms with Crippen LogP contribution in [-0.2, 0) is 4.74 Å². The molecule has 1 saturated carbocycles. The molecule has 1 heterocycles. The van der Waals surface area contributed by atoms with Gasteiger partial charge in [-0.15, -0.1) is 0 Å². The van der Waals surface area contributed by atoms with Crippen molar-refractivity contribution in [3.63, 3.8) is 0 Å². The molecule has 136 valence electrons. The van der Waals surface area contributed by atoms with Gasteiger partial charge in [0, 0.05) is 30.6 Å². The van der Waals surface area contributed by atoms with Crippen LogP contribution in [0.5, 0.6) is 5.75 Å². The summed E-state index contributed by atoms with van der Waals surface area (Å²) >= 11 is 0. The summed E-state index contributed by atoms with van der Waals surface area (Å²) in [7, 11) is 0. The minimum atomic E-state index is -0.0711. The number of morpholine rings is 1. The summed E-state index contributed by atoms with van der Waals surface area (Å²) in [6.07, 6.45) is 2.66. The SMILES string of the molecule is C=CCOc1ccccc1C(=O)NC1CC(N2CCOCC2)C1(C)C. The fraction of sp³-hybridized carbons (Fsp3) is 0.550. The van der Waals surface area contributed by atoms with Crippen LogP contribution in [-0.4, -0.2) is 55.8 Å². The van der Waals surface area contributed by atoms with Gasteiger partial charge in [-0.1, -0.05) is 38.6 Å². The summed E-state index contributed by atoms with van der Waals surface area (Å²) in [5.41, 5.74) is 0.624. The molecule has 1 aliphatic heterocycles. The van der Waals surface area contributed by atoms with E-state index in [-0.39, 0.29) is 17.4 Å². The van der Waals surface area contributed by atoms with Crippen molar-refractivity contribution in [2.24, 2.45) is 5.41 Å². The Hall–Kier alpha value is -1.85. The molecular formula is C20H28N2O3. The fourth-order valence-electron chi connectivity index (χ4n) is 3.82. The largest absolute Gasteiger partial charge is 0.489 e. The van der Waals surface area contributed by atoms with Gasteiger partial charge in [-0.25, -0.2) is 0 Å². The van der Waals surface area contributed by atoms with E-state index in [0.29, 0.717) is 24.0 Å². The molecule has 2 aliphatic rings. The Kier molecular flexibility index (Phi) is 5.45. The number of ether oxygens (including phenoxy) is 2. The third-order valence-electron chi connectivity index (χ3n) is 5.50. The maximum Gasteiger partial charge on any atom is 0.255 e. The summed E-state index contributed by atoms with van der Waals surface area (Å²) < 4.78 is 11.1. The van der Waals surface area contributed by atoms with Crippen LogP contribution in [0, 0.1) is 5.41 Å². The van der Waals surface area contributed by atoms with Crippen molar-refractivity contribution in [3.05, 3.63) is 42.5 Å². The molecule has 2 atom stereocenters. The number of carbonyl (C=O) groups excluding carboxylic acids is 1. The Morgan fingerprint density at radius 2 is 2.12 bits per heavy atom. The Bertz CT molecular complexity index is 623. The molecule has 1 saturated heterocycles. The maximum atomic E-state index is 12.8. The minimum Gasteiger partial charge on any atom is -0.489 e. The number of carbonyl (C=O) groups is 1. The lowest BCUT2D eigenvalue weighted by Crippen LogP contribution is -2.67. The summed E-state index contributed by atoms with van der Waals surface area (Å²) in [5.74, 6) is 0.528. The Morgan fingerprint density at radius 3 is 2.80 bits per heavy atom. The van der Waals surface area contributed by atoms with Crippen LogP contribution in [0.3, 0.4) is 0 Å². The van der Waals surface area contributed by atoms with Crippen molar-refractivity contribution in [2.75, 3.05) is 32.9 Å². The number of amides is 1. The van der Waals surface area contributed by atoms with Gasteiger partial charge in [0.25, 0.3) is 5.91 Å². The zero-order chi connectivity index (χ0) is 17.9. The molecule has 0 radical (unpaired) electrons. The second kappa shape index (κ2) is 7.58. The van der Waals surface area contributed by atoms with Gasteiger partial charge in [-0.3, -0.25) is 9.69 Å². The maximum absolute atomic E-state index is 12.8. The highest BCUT2D eigenvalue weighted by atomic mass is 16.5. The Labute approximate surface area is 150 Å². The summed E-state index contributed by atoms with van der Waals surface area (Å²) in [5, 5.41) is 3.21. The lowest BCUT2D eigenvalue weighted by molar-refractivity contribution is -0.0750. The predicted molar refractivity (Wildman–Crippen MR) is 98.0 cm³/mol. The monoisotopic (exact) mass is 344 g/mol. The first kappa shape index (κ1) is 18.0. The molecule has 1 aliphatic carbocycles. The molecule has 25 heavy (non-hydrogen) atoms. The van der Waals surface area contributed by atoms with Crippen LogP contribution >= 0.6 is 0 Å². The molecule has 5 heteroatoms. The van der Waals surface area contributed by atoms with E-state index in [2.05, 4.69) is 30.6 Å². The van der Waals surface area contributed by atoms with Crippen LogP contribution in [0.15, 0.2) is 36.9 Å². The van der Waals surface area contributed by atoms with E-state index >= 15 is 0 Å². The second-order valence-corrected chi connectivity index (χ2v) is 7.34. The zero-order valence-corrected chi connectivity index (χ0v) is 15.2. The third-order valence-corrected chi connectivity index (χ3v) is 5.50. The van der Waals surface area contributed by atoms with Crippen molar-refractivity contribution in [1.82, 2.24) is 10.2 Å². The summed E-state index contributed by atoms with van der Waals surface area (Å²) in [6.45, 7) is 12.1. The van der Waals surface area contributed by atoms with Crippen molar-refractivity contribution >= 4 is 5.91 Å². The first-order valence-electron chi connectivity index (χ1n) is 8.99. The molecule has 2 fully saturated rings. The summed E-state index contributed by atoms with van der Waals surface area (Å²) in [6, 6.07) is 8.02. The number of hydrogen-bond acceptors (Lipinski definition) is 4. The van der Waals surface area contributed by atoms with Crippen molar-refractivity contribution < 1.29 is 14.3 Å². The topological polar surface area (TPSA) is 50.8 Å². The molecule has 3 rings (SSSR count). The molecular weight excluding hydrogens is 316 g/mol. The third kappa shape index (κ3) is 3.72. The molecule has 1 N–H and O–H groups in total. The number of para-hydroxylation sites is 1. The van der Waals surface area contributed by atoms with Crippen molar-refractivity contribution in [2.45, 2.75) is 32.4 Å². The van der Waals surface area contributed by atoms with Gasteiger partial charge in [0.15, 0.2) is 0 Å². The molecule has 1 aromatic carbocycles. The molecule has 5 nitrogen and oxygen atoms in total. The predicted octanol–water partition coefficient (Wildman–Crippen LogP) is 2.48. The number of benzene rings is 1. The quantitative estimate of drug-likeness (QED) is 0.806. The van der Waals surface area contributed by atoms with E-state index in [1.165, 1.54) is 0 Å². The van der Waals surface area contributed by atoms with Crippen molar-refractivity contribution in [3.8, 4) is 5.75 Å². The van der Waals surface area contributed by atoms with Gasteiger partial charge in [-0.05, 0) is 18.6 Å². The van der Waals surface area contributed by atoms with Crippen LogP contribution in [0.25, 0.3) is 0 Å².